The van der Waals surface area contributed by atoms with Gasteiger partial charge in [0, 0.05) is 18.8 Å². The largest absolute Gasteiger partial charge is 0.469 e. The van der Waals surface area contributed by atoms with Gasteiger partial charge in [-0.1, -0.05) is 0 Å². The van der Waals surface area contributed by atoms with Crippen molar-refractivity contribution in [1.82, 2.24) is 4.98 Å². The highest BCUT2D eigenvalue weighted by Crippen LogP contribution is 2.28. The summed E-state index contributed by atoms with van der Waals surface area (Å²) in [6, 6.07) is 2.25. The smallest absolute Gasteiger partial charge is 0.310 e. The monoisotopic (exact) mass is 246 g/mol. The van der Waals surface area contributed by atoms with Crippen molar-refractivity contribution in [1.29, 1.82) is 0 Å². The van der Waals surface area contributed by atoms with Gasteiger partial charge in [0.15, 0.2) is 0 Å². The van der Waals surface area contributed by atoms with Gasteiger partial charge in [0.1, 0.15) is 0 Å². The number of ether oxygens (including phenoxy) is 1. The zero-order valence-electron chi connectivity index (χ0n) is 10.7. The Balaban J connectivity index is 1.75. The van der Waals surface area contributed by atoms with Crippen molar-refractivity contribution in [3.63, 3.8) is 0 Å². The van der Waals surface area contributed by atoms with E-state index in [0.29, 0.717) is 0 Å². The topological polar surface area (TPSA) is 42.4 Å². The number of nitrogens with zero attached hydrogens (tertiary/aromatic N) is 2. The number of pyridine rings is 1. The summed E-state index contributed by atoms with van der Waals surface area (Å²) in [5.74, 6) is -0.0742. The highest BCUT2D eigenvalue weighted by Gasteiger charge is 2.29. The molecule has 0 spiro atoms. The molecular weight excluding hydrogens is 228 g/mol. The van der Waals surface area contributed by atoms with Crippen LogP contribution in [-0.4, -0.2) is 31.2 Å². The molecule has 0 saturated carbocycles. The molecule has 0 amide bonds. The number of rotatable bonds is 2. The average Bonchev–Trinajstić information content (AvgIpc) is 3.05. The Hall–Kier alpha value is -1.58. The molecule has 0 unspecified atom stereocenters. The maximum atomic E-state index is 11.5. The Bertz CT molecular complexity index is 473. The SMILES string of the molecule is COC(=O)[C@@H]1CCN(c2cnc3c(c2)CCC3)C1. The van der Waals surface area contributed by atoms with Crippen LogP contribution in [0.15, 0.2) is 12.3 Å². The van der Waals surface area contributed by atoms with E-state index in [1.807, 2.05) is 6.20 Å². The Morgan fingerprint density at radius 2 is 2.39 bits per heavy atom. The maximum Gasteiger partial charge on any atom is 0.310 e. The van der Waals surface area contributed by atoms with E-state index in [4.69, 9.17) is 4.74 Å². The summed E-state index contributed by atoms with van der Waals surface area (Å²) in [5, 5.41) is 0. The van der Waals surface area contributed by atoms with Crippen LogP contribution < -0.4 is 4.90 Å². The second kappa shape index (κ2) is 4.59. The summed E-state index contributed by atoms with van der Waals surface area (Å²) in [6.45, 7) is 1.67. The summed E-state index contributed by atoms with van der Waals surface area (Å²) in [5.41, 5.74) is 3.79. The van der Waals surface area contributed by atoms with Crippen LogP contribution in [0.5, 0.6) is 0 Å². The molecule has 1 aliphatic carbocycles. The minimum absolute atomic E-state index is 0.0169. The van der Waals surface area contributed by atoms with Gasteiger partial charge in [0.2, 0.25) is 0 Å². The standard InChI is InChI=1S/C14H18N2O2/c1-18-14(17)11-5-6-16(9-11)12-7-10-3-2-4-13(10)15-8-12/h7-8,11H,2-6,9H2,1H3/t11-/m1/s1. The number of fused-ring (bicyclic) bond motifs is 1. The fraction of sp³-hybridized carbons (Fsp3) is 0.571. The van der Waals surface area contributed by atoms with E-state index in [0.717, 1.165) is 38.0 Å². The van der Waals surface area contributed by atoms with Crippen LogP contribution in [0.4, 0.5) is 5.69 Å². The van der Waals surface area contributed by atoms with E-state index < -0.39 is 0 Å². The first-order chi connectivity index (χ1) is 8.78. The number of carbonyl (C=O) groups is 1. The van der Waals surface area contributed by atoms with Gasteiger partial charge in [-0.25, -0.2) is 0 Å². The van der Waals surface area contributed by atoms with Gasteiger partial charge in [-0.15, -0.1) is 0 Å². The fourth-order valence-corrected chi connectivity index (χ4v) is 2.94. The Kier molecular flexibility index (Phi) is 2.94. The molecule has 0 aromatic carbocycles. The number of anilines is 1. The predicted molar refractivity (Wildman–Crippen MR) is 68.6 cm³/mol. The Labute approximate surface area is 107 Å². The summed E-state index contributed by atoms with van der Waals surface area (Å²) < 4.78 is 4.81. The summed E-state index contributed by atoms with van der Waals surface area (Å²) in [4.78, 5) is 18.3. The third-order valence-electron chi connectivity index (χ3n) is 3.99. The van der Waals surface area contributed by atoms with Crippen molar-refractivity contribution in [3.8, 4) is 0 Å². The van der Waals surface area contributed by atoms with Crippen molar-refractivity contribution in [2.24, 2.45) is 5.92 Å². The zero-order valence-corrected chi connectivity index (χ0v) is 10.7. The average molecular weight is 246 g/mol. The van der Waals surface area contributed by atoms with E-state index in [-0.39, 0.29) is 11.9 Å². The number of esters is 1. The van der Waals surface area contributed by atoms with Gasteiger partial charge in [-0.3, -0.25) is 9.78 Å². The lowest BCUT2D eigenvalue weighted by atomic mass is 10.1. The lowest BCUT2D eigenvalue weighted by Crippen LogP contribution is -2.23. The maximum absolute atomic E-state index is 11.5. The van der Waals surface area contributed by atoms with Gasteiger partial charge in [0.25, 0.3) is 0 Å². The molecule has 1 saturated heterocycles. The fourth-order valence-electron chi connectivity index (χ4n) is 2.94. The highest BCUT2D eigenvalue weighted by molar-refractivity contribution is 5.74. The molecule has 96 valence electrons. The molecular formula is C14H18N2O2. The lowest BCUT2D eigenvalue weighted by molar-refractivity contribution is -0.144. The van der Waals surface area contributed by atoms with Crippen LogP contribution in [0, 0.1) is 5.92 Å². The van der Waals surface area contributed by atoms with Crippen molar-refractivity contribution < 1.29 is 9.53 Å². The molecule has 2 heterocycles. The molecule has 0 N–H and O–H groups in total. The van der Waals surface area contributed by atoms with E-state index in [2.05, 4.69) is 16.0 Å². The molecule has 18 heavy (non-hydrogen) atoms. The van der Waals surface area contributed by atoms with E-state index in [1.165, 1.54) is 24.8 Å². The molecule has 1 aromatic rings. The first-order valence-corrected chi connectivity index (χ1v) is 6.58. The molecule has 2 aliphatic rings. The van der Waals surface area contributed by atoms with Crippen LogP contribution in [0.1, 0.15) is 24.1 Å². The third kappa shape index (κ3) is 1.96. The van der Waals surface area contributed by atoms with Crippen LogP contribution in [0.3, 0.4) is 0 Å². The zero-order chi connectivity index (χ0) is 12.5. The Morgan fingerprint density at radius 3 is 3.22 bits per heavy atom. The van der Waals surface area contributed by atoms with Crippen molar-refractivity contribution in [2.75, 3.05) is 25.1 Å². The molecule has 3 rings (SSSR count). The quantitative estimate of drug-likeness (QED) is 0.743. The van der Waals surface area contributed by atoms with Gasteiger partial charge in [0.05, 0.1) is 24.9 Å². The first-order valence-electron chi connectivity index (χ1n) is 6.58. The van der Waals surface area contributed by atoms with Gasteiger partial charge >= 0.3 is 5.97 Å². The number of aromatic nitrogens is 1. The molecule has 0 bridgehead atoms. The van der Waals surface area contributed by atoms with Crippen molar-refractivity contribution in [2.45, 2.75) is 25.7 Å². The summed E-state index contributed by atoms with van der Waals surface area (Å²) >= 11 is 0. The van der Waals surface area contributed by atoms with E-state index >= 15 is 0 Å². The van der Waals surface area contributed by atoms with Crippen LogP contribution in [0.25, 0.3) is 0 Å². The summed E-state index contributed by atoms with van der Waals surface area (Å²) in [7, 11) is 1.46. The summed E-state index contributed by atoms with van der Waals surface area (Å²) in [6.07, 6.45) is 6.30. The van der Waals surface area contributed by atoms with Crippen LogP contribution in [-0.2, 0) is 22.4 Å². The predicted octanol–water partition coefficient (Wildman–Crippen LogP) is 1.57. The molecule has 4 nitrogen and oxygen atoms in total. The second-order valence-corrected chi connectivity index (χ2v) is 5.11. The lowest BCUT2D eigenvalue weighted by Gasteiger charge is -2.18. The second-order valence-electron chi connectivity index (χ2n) is 5.11. The van der Waals surface area contributed by atoms with Crippen molar-refractivity contribution in [3.05, 3.63) is 23.5 Å². The van der Waals surface area contributed by atoms with Gasteiger partial charge < -0.3 is 9.64 Å². The first kappa shape index (κ1) is 11.5. The molecule has 1 fully saturated rings. The van der Waals surface area contributed by atoms with Crippen molar-refractivity contribution >= 4 is 11.7 Å². The van der Waals surface area contributed by atoms with E-state index in [1.54, 1.807) is 0 Å². The number of hydrogen-bond acceptors (Lipinski definition) is 4. The number of hydrogen-bond donors (Lipinski definition) is 0. The van der Waals surface area contributed by atoms with E-state index in [9.17, 15) is 4.79 Å². The number of carbonyl (C=O) groups excluding carboxylic acids is 1. The highest BCUT2D eigenvalue weighted by atomic mass is 16.5. The number of aryl methyl sites for hydroxylation is 2. The molecule has 4 heteroatoms. The van der Waals surface area contributed by atoms with Gasteiger partial charge in [-0.05, 0) is 37.3 Å². The molecule has 0 radical (unpaired) electrons. The van der Waals surface area contributed by atoms with Crippen LogP contribution in [0.2, 0.25) is 0 Å². The third-order valence-corrected chi connectivity index (χ3v) is 3.99. The number of methoxy groups -OCH3 is 1. The Morgan fingerprint density at radius 1 is 1.50 bits per heavy atom. The minimum atomic E-state index is -0.0911. The normalized spacial score (nSPS) is 22.1. The molecule has 1 aliphatic heterocycles. The van der Waals surface area contributed by atoms with Crippen LogP contribution >= 0.6 is 0 Å². The molecule has 1 aromatic heterocycles. The molecule has 1 atom stereocenters. The van der Waals surface area contributed by atoms with Gasteiger partial charge in [-0.2, -0.15) is 0 Å². The minimum Gasteiger partial charge on any atom is -0.469 e.